The van der Waals surface area contributed by atoms with E-state index >= 15 is 0 Å². The third-order valence-electron chi connectivity index (χ3n) is 4.38. The number of ether oxygens (including phenoxy) is 2. The van der Waals surface area contributed by atoms with Gasteiger partial charge in [0.1, 0.15) is 17.2 Å². The Bertz CT molecular complexity index is 945. The molecule has 1 unspecified atom stereocenters. The lowest BCUT2D eigenvalue weighted by molar-refractivity contribution is -0.187. The Labute approximate surface area is 153 Å². The Morgan fingerprint density at radius 3 is 2.48 bits per heavy atom. The highest BCUT2D eigenvalue weighted by Gasteiger charge is 2.48. The first-order valence-corrected chi connectivity index (χ1v) is 8.15. The first-order valence-electron chi connectivity index (χ1n) is 8.15. The summed E-state index contributed by atoms with van der Waals surface area (Å²) < 4.78 is 50.4. The maximum Gasteiger partial charge on any atom is 0.430 e. The topological polar surface area (TPSA) is 55.8 Å². The molecule has 0 spiro atoms. The Morgan fingerprint density at radius 2 is 1.85 bits per heavy atom. The molecule has 4 nitrogen and oxygen atoms in total. The molecule has 1 atom stereocenters. The van der Waals surface area contributed by atoms with Gasteiger partial charge in [0.15, 0.2) is 0 Å². The average molecular weight is 378 g/mol. The molecular weight excluding hydrogens is 361 g/mol. The fourth-order valence-electron chi connectivity index (χ4n) is 2.92. The van der Waals surface area contributed by atoms with Crippen LogP contribution in [0.2, 0.25) is 0 Å². The monoisotopic (exact) mass is 378 g/mol. The molecule has 1 N–H and O–H groups in total. The van der Waals surface area contributed by atoms with E-state index in [1.54, 1.807) is 6.07 Å². The molecule has 1 heterocycles. The lowest BCUT2D eigenvalue weighted by Gasteiger charge is -2.28. The predicted molar refractivity (Wildman–Crippen MR) is 93.3 cm³/mol. The molecule has 0 aromatic heterocycles. The van der Waals surface area contributed by atoms with Gasteiger partial charge < -0.3 is 14.6 Å². The van der Waals surface area contributed by atoms with E-state index in [9.17, 15) is 23.1 Å². The Kier molecular flexibility index (Phi) is 4.63. The van der Waals surface area contributed by atoms with Gasteiger partial charge in [-0.15, -0.1) is 0 Å². The highest BCUT2D eigenvalue weighted by Crippen LogP contribution is 2.42. The van der Waals surface area contributed by atoms with E-state index in [1.807, 2.05) is 32.9 Å². The van der Waals surface area contributed by atoms with E-state index in [4.69, 9.17) is 9.47 Å². The van der Waals surface area contributed by atoms with Crippen LogP contribution in [0.15, 0.2) is 35.9 Å². The SMILES string of the molecule is Cc1cc(C)c(C)c(Oc2cccc3c2C=C(C(=O)O)C(C(F)(F)F)O3)c1. The van der Waals surface area contributed by atoms with E-state index in [1.165, 1.54) is 12.1 Å². The van der Waals surface area contributed by atoms with Gasteiger partial charge in [-0.3, -0.25) is 0 Å². The van der Waals surface area contributed by atoms with Crippen molar-refractivity contribution in [2.75, 3.05) is 0 Å². The third-order valence-corrected chi connectivity index (χ3v) is 4.38. The summed E-state index contributed by atoms with van der Waals surface area (Å²) >= 11 is 0. The molecule has 0 bridgehead atoms. The highest BCUT2D eigenvalue weighted by molar-refractivity contribution is 5.95. The number of carboxylic acid groups (broad SMARTS) is 1. The van der Waals surface area contributed by atoms with Crippen LogP contribution in [0.5, 0.6) is 17.2 Å². The van der Waals surface area contributed by atoms with Gasteiger partial charge in [-0.2, -0.15) is 13.2 Å². The molecule has 2 aromatic carbocycles. The molecule has 0 saturated heterocycles. The number of hydrogen-bond donors (Lipinski definition) is 1. The number of aryl methyl sites for hydroxylation is 2. The predicted octanol–water partition coefficient (Wildman–Crippen LogP) is 5.20. The van der Waals surface area contributed by atoms with Crippen molar-refractivity contribution in [1.82, 2.24) is 0 Å². The number of halogens is 3. The zero-order valence-electron chi connectivity index (χ0n) is 14.8. The smallest absolute Gasteiger partial charge is 0.430 e. The molecule has 0 amide bonds. The van der Waals surface area contributed by atoms with E-state index in [-0.39, 0.29) is 17.1 Å². The van der Waals surface area contributed by atoms with E-state index in [0.29, 0.717) is 5.75 Å². The number of benzene rings is 2. The number of carboxylic acids is 1. The molecule has 0 fully saturated rings. The van der Waals surface area contributed by atoms with Crippen molar-refractivity contribution in [3.05, 3.63) is 58.2 Å². The Balaban J connectivity index is 2.09. The summed E-state index contributed by atoms with van der Waals surface area (Å²) in [6.07, 6.45) is -6.41. The first-order chi connectivity index (χ1) is 12.6. The summed E-state index contributed by atoms with van der Waals surface area (Å²) in [7, 11) is 0. The zero-order chi connectivity index (χ0) is 19.9. The van der Waals surface area contributed by atoms with Crippen molar-refractivity contribution in [3.8, 4) is 17.2 Å². The van der Waals surface area contributed by atoms with Gasteiger partial charge in [0.2, 0.25) is 6.10 Å². The number of alkyl halides is 3. The van der Waals surface area contributed by atoms with Gasteiger partial charge in [0.05, 0.1) is 11.1 Å². The van der Waals surface area contributed by atoms with Gasteiger partial charge in [-0.05, 0) is 61.7 Å². The fraction of sp³-hybridized carbons (Fsp3) is 0.250. The van der Waals surface area contributed by atoms with Crippen molar-refractivity contribution < 1.29 is 32.5 Å². The van der Waals surface area contributed by atoms with Crippen LogP contribution in [0.3, 0.4) is 0 Å². The molecular formula is C20H17F3O4. The third kappa shape index (κ3) is 3.63. The Hall–Kier alpha value is -2.96. The largest absolute Gasteiger partial charge is 0.478 e. The summed E-state index contributed by atoms with van der Waals surface area (Å²) in [4.78, 5) is 11.3. The second-order valence-electron chi connectivity index (χ2n) is 6.42. The van der Waals surface area contributed by atoms with Crippen molar-refractivity contribution in [1.29, 1.82) is 0 Å². The number of aliphatic carboxylic acids is 1. The maximum atomic E-state index is 13.2. The molecule has 2 aromatic rings. The second kappa shape index (κ2) is 6.64. The summed E-state index contributed by atoms with van der Waals surface area (Å²) in [5.74, 6) is -1.01. The number of rotatable bonds is 3. The van der Waals surface area contributed by atoms with E-state index < -0.39 is 23.8 Å². The van der Waals surface area contributed by atoms with Crippen molar-refractivity contribution in [2.24, 2.45) is 0 Å². The average Bonchev–Trinajstić information content (AvgIpc) is 2.57. The van der Waals surface area contributed by atoms with Crippen molar-refractivity contribution in [2.45, 2.75) is 33.1 Å². The van der Waals surface area contributed by atoms with Crippen LogP contribution >= 0.6 is 0 Å². The number of hydrogen-bond acceptors (Lipinski definition) is 3. The minimum atomic E-state index is -4.84. The highest BCUT2D eigenvalue weighted by atomic mass is 19.4. The fourth-order valence-corrected chi connectivity index (χ4v) is 2.92. The molecule has 7 heteroatoms. The number of carbonyl (C=O) groups is 1. The van der Waals surface area contributed by atoms with Gasteiger partial charge in [0, 0.05) is 0 Å². The molecule has 0 radical (unpaired) electrons. The molecule has 142 valence electrons. The van der Waals surface area contributed by atoms with Crippen LogP contribution in [0.1, 0.15) is 22.3 Å². The minimum absolute atomic E-state index is 0.0816. The van der Waals surface area contributed by atoms with Gasteiger partial charge >= 0.3 is 12.1 Å². The molecule has 1 aliphatic rings. The zero-order valence-corrected chi connectivity index (χ0v) is 14.8. The summed E-state index contributed by atoms with van der Waals surface area (Å²) in [5, 5.41) is 9.21. The first kappa shape index (κ1) is 18.8. The standard InChI is InChI=1S/C20H17F3O4/c1-10-7-11(2)12(3)17(8-10)26-15-5-4-6-16-13(15)9-14(19(24)25)18(27-16)20(21,22)23/h4-9,18H,1-3H3,(H,24,25). The van der Waals surface area contributed by atoms with Gasteiger partial charge in [-0.1, -0.05) is 12.1 Å². The lowest BCUT2D eigenvalue weighted by Crippen LogP contribution is -2.40. The lowest BCUT2D eigenvalue weighted by atomic mass is 10.0. The molecule has 0 aliphatic carbocycles. The van der Waals surface area contributed by atoms with Crippen LogP contribution in [0, 0.1) is 20.8 Å². The maximum absolute atomic E-state index is 13.2. The van der Waals surface area contributed by atoms with Gasteiger partial charge in [0.25, 0.3) is 0 Å². The molecule has 1 aliphatic heterocycles. The van der Waals surface area contributed by atoms with Crippen LogP contribution in [0.25, 0.3) is 6.08 Å². The Morgan fingerprint density at radius 1 is 1.15 bits per heavy atom. The van der Waals surface area contributed by atoms with Crippen molar-refractivity contribution in [3.63, 3.8) is 0 Å². The van der Waals surface area contributed by atoms with Crippen molar-refractivity contribution >= 4 is 12.0 Å². The molecule has 27 heavy (non-hydrogen) atoms. The summed E-state index contributed by atoms with van der Waals surface area (Å²) in [6, 6.07) is 8.21. The van der Waals surface area contributed by atoms with Crippen LogP contribution < -0.4 is 9.47 Å². The quantitative estimate of drug-likeness (QED) is 0.798. The normalized spacial score (nSPS) is 16.2. The second-order valence-corrected chi connectivity index (χ2v) is 6.42. The van der Waals surface area contributed by atoms with Gasteiger partial charge in [-0.25, -0.2) is 4.79 Å². The van der Waals surface area contributed by atoms with Crippen LogP contribution in [-0.4, -0.2) is 23.4 Å². The summed E-state index contributed by atoms with van der Waals surface area (Å²) in [6.45, 7) is 5.70. The molecule has 3 rings (SSSR count). The van der Waals surface area contributed by atoms with E-state index in [2.05, 4.69) is 0 Å². The van der Waals surface area contributed by atoms with Crippen LogP contribution in [0.4, 0.5) is 13.2 Å². The molecule has 0 saturated carbocycles. The number of fused-ring (bicyclic) bond motifs is 1. The summed E-state index contributed by atoms with van der Waals surface area (Å²) in [5.41, 5.74) is 2.13. The van der Waals surface area contributed by atoms with E-state index in [0.717, 1.165) is 22.8 Å². The minimum Gasteiger partial charge on any atom is -0.478 e. The van der Waals surface area contributed by atoms with Crippen LogP contribution in [-0.2, 0) is 4.79 Å².